The van der Waals surface area contributed by atoms with E-state index in [0.29, 0.717) is 34.9 Å². The molecule has 9 heteroatoms. The SMILES string of the molecule is CSc1nnc(N2C(N)=C(C#N)C(c3ccccc3Br)C3=C2CC(C)(C)CC3=O)s1. The molecule has 1 aliphatic heterocycles. The first kappa shape index (κ1) is 21.1. The molecule has 0 radical (unpaired) electrons. The first-order chi connectivity index (χ1) is 14.3. The number of hydrogen-bond acceptors (Lipinski definition) is 8. The number of nitrogens with two attached hydrogens (primary N) is 1. The van der Waals surface area contributed by atoms with E-state index in [1.165, 1.54) is 23.1 Å². The molecule has 30 heavy (non-hydrogen) atoms. The Labute approximate surface area is 192 Å². The monoisotopic (exact) mass is 501 g/mol. The maximum atomic E-state index is 13.4. The second-order valence-corrected chi connectivity index (χ2v) is 10.9. The molecule has 2 aromatic rings. The van der Waals surface area contributed by atoms with Crippen molar-refractivity contribution in [1.82, 2.24) is 10.2 Å². The summed E-state index contributed by atoms with van der Waals surface area (Å²) in [7, 11) is 0. The summed E-state index contributed by atoms with van der Waals surface area (Å²) in [6, 6.07) is 9.95. The molecule has 1 aromatic heterocycles. The number of aromatic nitrogens is 2. The Morgan fingerprint density at radius 3 is 2.70 bits per heavy atom. The van der Waals surface area contributed by atoms with Crippen LogP contribution < -0.4 is 10.6 Å². The molecule has 6 nitrogen and oxygen atoms in total. The van der Waals surface area contributed by atoms with Gasteiger partial charge in [0.2, 0.25) is 5.13 Å². The van der Waals surface area contributed by atoms with Crippen LogP contribution in [0.25, 0.3) is 0 Å². The van der Waals surface area contributed by atoms with E-state index in [-0.39, 0.29) is 11.2 Å². The van der Waals surface area contributed by atoms with Crippen LogP contribution in [-0.4, -0.2) is 22.2 Å². The van der Waals surface area contributed by atoms with Gasteiger partial charge in [0.25, 0.3) is 0 Å². The third kappa shape index (κ3) is 3.47. The van der Waals surface area contributed by atoms with Crippen molar-refractivity contribution in [3.8, 4) is 6.07 Å². The van der Waals surface area contributed by atoms with E-state index in [0.717, 1.165) is 20.1 Å². The minimum Gasteiger partial charge on any atom is -0.384 e. The summed E-state index contributed by atoms with van der Waals surface area (Å²) in [5.41, 5.74) is 9.04. The number of benzene rings is 1. The summed E-state index contributed by atoms with van der Waals surface area (Å²) in [6.45, 7) is 4.15. The zero-order valence-electron chi connectivity index (χ0n) is 16.8. The zero-order valence-corrected chi connectivity index (χ0v) is 20.0. The number of carbonyl (C=O) groups excluding carboxylic acids is 1. The van der Waals surface area contributed by atoms with Gasteiger partial charge in [-0.15, -0.1) is 10.2 Å². The van der Waals surface area contributed by atoms with E-state index in [1.54, 1.807) is 4.90 Å². The van der Waals surface area contributed by atoms with Gasteiger partial charge in [-0.3, -0.25) is 9.69 Å². The summed E-state index contributed by atoms with van der Waals surface area (Å²) in [5.74, 6) is -0.151. The third-order valence-electron chi connectivity index (χ3n) is 5.36. The van der Waals surface area contributed by atoms with E-state index < -0.39 is 5.92 Å². The second kappa shape index (κ2) is 7.84. The summed E-state index contributed by atoms with van der Waals surface area (Å²) < 4.78 is 1.64. The number of halogens is 1. The molecule has 1 unspecified atom stereocenters. The highest BCUT2D eigenvalue weighted by atomic mass is 79.9. The molecule has 154 valence electrons. The van der Waals surface area contributed by atoms with Gasteiger partial charge in [0, 0.05) is 22.2 Å². The molecule has 1 atom stereocenters. The van der Waals surface area contributed by atoms with Crippen LogP contribution in [0.4, 0.5) is 5.13 Å². The molecule has 1 aromatic carbocycles. The first-order valence-electron chi connectivity index (χ1n) is 9.35. The van der Waals surface area contributed by atoms with Gasteiger partial charge in [-0.05, 0) is 29.7 Å². The van der Waals surface area contributed by atoms with Crippen molar-refractivity contribution in [3.05, 3.63) is 57.0 Å². The normalized spacial score (nSPS) is 21.0. The zero-order chi connectivity index (χ0) is 21.6. The van der Waals surface area contributed by atoms with Gasteiger partial charge in [0.15, 0.2) is 10.1 Å². The van der Waals surface area contributed by atoms with Gasteiger partial charge in [-0.25, -0.2) is 0 Å². The van der Waals surface area contributed by atoms with E-state index in [9.17, 15) is 10.1 Å². The average molecular weight is 502 g/mol. The fraction of sp³-hybridized carbons (Fsp3) is 0.333. The Morgan fingerprint density at radius 2 is 2.07 bits per heavy atom. The van der Waals surface area contributed by atoms with Crippen molar-refractivity contribution < 1.29 is 4.79 Å². The van der Waals surface area contributed by atoms with Crippen LogP contribution in [0.2, 0.25) is 0 Å². The van der Waals surface area contributed by atoms with Gasteiger partial charge < -0.3 is 5.73 Å². The quantitative estimate of drug-likeness (QED) is 0.593. The maximum absolute atomic E-state index is 13.4. The number of anilines is 1. The van der Waals surface area contributed by atoms with Crippen molar-refractivity contribution in [3.63, 3.8) is 0 Å². The van der Waals surface area contributed by atoms with Gasteiger partial charge in [0.05, 0.1) is 17.6 Å². The minimum absolute atomic E-state index is 0.0434. The molecule has 0 fully saturated rings. The second-order valence-electron chi connectivity index (χ2n) is 8.06. The minimum atomic E-state index is -0.506. The van der Waals surface area contributed by atoms with Gasteiger partial charge >= 0.3 is 0 Å². The van der Waals surface area contributed by atoms with E-state index in [2.05, 4.69) is 46.0 Å². The predicted molar refractivity (Wildman–Crippen MR) is 123 cm³/mol. The fourth-order valence-electron chi connectivity index (χ4n) is 4.12. The number of Topliss-reactive ketones (excluding diaryl/α,β-unsaturated/α-hetero) is 1. The summed E-state index contributed by atoms with van der Waals surface area (Å²) in [5, 5.41) is 19.2. The molecule has 2 N–H and O–H groups in total. The highest BCUT2D eigenvalue weighted by Gasteiger charge is 2.45. The number of allylic oxidation sites excluding steroid dienone is 3. The molecule has 2 heterocycles. The van der Waals surface area contributed by atoms with Crippen molar-refractivity contribution in [2.45, 2.75) is 36.9 Å². The molecular weight excluding hydrogens is 482 g/mol. The molecule has 0 spiro atoms. The van der Waals surface area contributed by atoms with Crippen molar-refractivity contribution in [1.29, 1.82) is 5.26 Å². The highest BCUT2D eigenvalue weighted by molar-refractivity contribution is 9.10. The largest absolute Gasteiger partial charge is 0.384 e. The lowest BCUT2D eigenvalue weighted by Gasteiger charge is -2.42. The molecule has 0 saturated carbocycles. The Bertz CT molecular complexity index is 1140. The Balaban J connectivity index is 2.00. The van der Waals surface area contributed by atoms with Crippen LogP contribution in [-0.2, 0) is 4.79 Å². The van der Waals surface area contributed by atoms with Crippen LogP contribution in [0.15, 0.2) is 55.7 Å². The van der Waals surface area contributed by atoms with Crippen molar-refractivity contribution >= 4 is 49.9 Å². The van der Waals surface area contributed by atoms with Crippen LogP contribution in [0.5, 0.6) is 0 Å². The number of thioether (sulfide) groups is 1. The summed E-state index contributed by atoms with van der Waals surface area (Å²) >= 11 is 6.50. The predicted octanol–water partition coefficient (Wildman–Crippen LogP) is 4.96. The van der Waals surface area contributed by atoms with Gasteiger partial charge in [-0.2, -0.15) is 5.26 Å². The highest BCUT2D eigenvalue weighted by Crippen LogP contribution is 2.51. The van der Waals surface area contributed by atoms with Crippen LogP contribution in [0, 0.1) is 16.7 Å². The summed E-state index contributed by atoms with van der Waals surface area (Å²) in [6.07, 6.45) is 3.01. The molecular formula is C21H20BrN5OS2. The van der Waals surface area contributed by atoms with Crippen molar-refractivity contribution in [2.24, 2.45) is 11.1 Å². The molecule has 0 amide bonds. The summed E-state index contributed by atoms with van der Waals surface area (Å²) in [4.78, 5) is 15.2. The van der Waals surface area contributed by atoms with E-state index in [1.807, 2.05) is 30.5 Å². The first-order valence-corrected chi connectivity index (χ1v) is 12.2. The lowest BCUT2D eigenvalue weighted by Crippen LogP contribution is -2.42. The Morgan fingerprint density at radius 1 is 1.33 bits per heavy atom. The smallest absolute Gasteiger partial charge is 0.219 e. The Hall–Kier alpha value is -2.15. The molecule has 4 rings (SSSR count). The number of nitrogens with zero attached hydrogens (tertiary/aromatic N) is 4. The average Bonchev–Trinajstić information content (AvgIpc) is 3.15. The number of carbonyl (C=O) groups is 1. The number of nitriles is 1. The third-order valence-corrected chi connectivity index (χ3v) is 7.97. The number of hydrogen-bond donors (Lipinski definition) is 1. The molecule has 2 aliphatic rings. The van der Waals surface area contributed by atoms with E-state index in [4.69, 9.17) is 5.73 Å². The molecule has 0 saturated heterocycles. The maximum Gasteiger partial charge on any atom is 0.219 e. The Kier molecular flexibility index (Phi) is 5.51. The topological polar surface area (TPSA) is 95.9 Å². The van der Waals surface area contributed by atoms with Crippen LogP contribution >= 0.6 is 39.0 Å². The molecule has 1 aliphatic carbocycles. The number of rotatable bonds is 3. The van der Waals surface area contributed by atoms with Crippen molar-refractivity contribution in [2.75, 3.05) is 11.2 Å². The van der Waals surface area contributed by atoms with Gasteiger partial charge in [0.1, 0.15) is 5.82 Å². The van der Waals surface area contributed by atoms with Crippen LogP contribution in [0.3, 0.4) is 0 Å². The fourth-order valence-corrected chi connectivity index (χ4v) is 5.94. The lowest BCUT2D eigenvalue weighted by atomic mass is 9.69. The molecule has 0 bridgehead atoms. The lowest BCUT2D eigenvalue weighted by molar-refractivity contribution is -0.118. The van der Waals surface area contributed by atoms with E-state index >= 15 is 0 Å². The van der Waals surface area contributed by atoms with Gasteiger partial charge in [-0.1, -0.05) is 71.1 Å². The number of ketones is 1. The van der Waals surface area contributed by atoms with Crippen LogP contribution in [0.1, 0.15) is 38.2 Å². The standard InChI is InChI=1S/C21H20BrN5OS2/c1-21(2)8-14-17(15(28)9-21)16(11-6-4-5-7-13(11)22)12(10-23)18(24)27(14)19-25-26-20(29-3)30-19/h4-7,16H,8-9,24H2,1-3H3.